The molecule has 7 rings (SSSR count). The number of hydrogen-bond donors (Lipinski definition) is 1. The van der Waals surface area contributed by atoms with Gasteiger partial charge in [0.05, 0.1) is 23.6 Å². The number of anilines is 2. The number of likely N-dealkylation sites (N-methyl/N-ethyl adjacent to an activating group) is 1. The summed E-state index contributed by atoms with van der Waals surface area (Å²) in [6.45, 7) is 6.88. The predicted molar refractivity (Wildman–Crippen MR) is 180 cm³/mol. The number of aryl methyl sites for hydroxylation is 1. The Morgan fingerprint density at radius 3 is 2.49 bits per heavy atom. The predicted octanol–water partition coefficient (Wildman–Crippen LogP) is 5.61. The Labute approximate surface area is 286 Å². The summed E-state index contributed by atoms with van der Waals surface area (Å²) in [6.07, 6.45) is 2.64. The second-order valence-corrected chi connectivity index (χ2v) is 14.9. The summed E-state index contributed by atoms with van der Waals surface area (Å²) in [4.78, 5) is 25.1. The molecule has 2 aliphatic carbocycles. The maximum Gasteiger partial charge on any atom is 0.416 e. The van der Waals surface area contributed by atoms with E-state index in [1.807, 2.05) is 23.7 Å². The first-order valence-corrected chi connectivity index (χ1v) is 17.5. The molecule has 1 N–H and O–H groups in total. The van der Waals surface area contributed by atoms with Gasteiger partial charge in [-0.3, -0.25) is 14.6 Å². The number of halogens is 3. The number of carbonyl (C=O) groups excluding carboxylic acids is 1. The van der Waals surface area contributed by atoms with Gasteiger partial charge < -0.3 is 19.5 Å². The number of alkyl halides is 3. The summed E-state index contributed by atoms with van der Waals surface area (Å²) in [7, 11) is 5.67. The molecule has 3 aromatic rings. The van der Waals surface area contributed by atoms with Crippen LogP contribution in [0.25, 0.3) is 0 Å². The summed E-state index contributed by atoms with van der Waals surface area (Å²) < 4.78 is 51.8. The number of carbonyl (C=O) groups is 1. The number of nitrogens with one attached hydrogen (secondary N) is 1. The number of ether oxygens (including phenoxy) is 1. The number of pyridine rings is 1. The van der Waals surface area contributed by atoms with Crippen LogP contribution in [-0.4, -0.2) is 87.4 Å². The lowest BCUT2D eigenvalue weighted by Gasteiger charge is -2.46. The van der Waals surface area contributed by atoms with Gasteiger partial charge in [-0.15, -0.1) is 10.2 Å². The Morgan fingerprint density at radius 2 is 1.84 bits per heavy atom. The minimum atomic E-state index is -4.61. The van der Waals surface area contributed by atoms with E-state index < -0.39 is 23.1 Å². The van der Waals surface area contributed by atoms with Crippen molar-refractivity contribution in [3.05, 3.63) is 64.2 Å². The fourth-order valence-corrected chi connectivity index (χ4v) is 8.48. The number of amides is 1. The van der Waals surface area contributed by atoms with E-state index in [4.69, 9.17) is 9.72 Å². The van der Waals surface area contributed by atoms with Crippen LogP contribution in [0, 0.1) is 5.92 Å². The second kappa shape index (κ2) is 13.0. The van der Waals surface area contributed by atoms with Crippen molar-refractivity contribution in [3.63, 3.8) is 0 Å². The van der Waals surface area contributed by atoms with Gasteiger partial charge in [0.1, 0.15) is 23.8 Å². The fourth-order valence-electron chi connectivity index (χ4n) is 8.48. The molecule has 3 fully saturated rings. The zero-order valence-electron chi connectivity index (χ0n) is 29.1. The normalized spacial score (nSPS) is 25.3. The maximum atomic E-state index is 14.7. The minimum Gasteiger partial charge on any atom is -0.381 e. The molecule has 2 saturated carbocycles. The lowest BCUT2D eigenvalue weighted by atomic mass is 9.62. The first-order valence-electron chi connectivity index (χ1n) is 17.5. The van der Waals surface area contributed by atoms with Crippen LogP contribution in [0.2, 0.25) is 0 Å². The highest BCUT2D eigenvalue weighted by Gasteiger charge is 2.51. The van der Waals surface area contributed by atoms with Gasteiger partial charge >= 0.3 is 6.18 Å². The molecule has 13 heteroatoms. The molecule has 1 atom stereocenters. The summed E-state index contributed by atoms with van der Waals surface area (Å²) in [6, 6.07) is 7.25. The Balaban J connectivity index is 1.27. The zero-order valence-corrected chi connectivity index (χ0v) is 29.1. The van der Waals surface area contributed by atoms with E-state index in [2.05, 4.69) is 46.2 Å². The van der Waals surface area contributed by atoms with Crippen LogP contribution < -0.4 is 10.2 Å². The van der Waals surface area contributed by atoms with Gasteiger partial charge in [-0.2, -0.15) is 13.2 Å². The van der Waals surface area contributed by atoms with Gasteiger partial charge in [0.2, 0.25) is 0 Å². The number of hydrogen-bond acceptors (Lipinski definition) is 8. The number of nitrogens with zero attached hydrogens (tertiary/aromatic N) is 7. The van der Waals surface area contributed by atoms with Crippen LogP contribution >= 0.6 is 0 Å². The van der Waals surface area contributed by atoms with Crippen molar-refractivity contribution >= 4 is 17.5 Å². The standard InChI is InChI=1S/C36H47F3N8O2/c1-22(2)30-20-44(3)10-11-46(30)18-23-12-27-28(29(13-23)36(37,38)39)19-47(33(27)48)32-15-24(14-31(42-32)41-25-8-6-7-9-25)35(16-26(17-35)49-5)34-43-40-21-45(34)4/h12-15,21-22,25-26,30H,6-11,16-20H2,1-5H3,(H,41,42)/t26-,30-,35+/m1/s1. The Kier molecular flexibility index (Phi) is 8.98. The first-order chi connectivity index (χ1) is 23.4. The maximum absolute atomic E-state index is 14.7. The molecule has 10 nitrogen and oxygen atoms in total. The Morgan fingerprint density at radius 1 is 1.08 bits per heavy atom. The van der Waals surface area contributed by atoms with Crippen molar-refractivity contribution in [1.29, 1.82) is 0 Å². The van der Waals surface area contributed by atoms with Crippen LogP contribution in [-0.2, 0) is 36.5 Å². The van der Waals surface area contributed by atoms with Gasteiger partial charge in [0.25, 0.3) is 5.91 Å². The lowest BCUT2D eigenvalue weighted by molar-refractivity contribution is -0.138. The van der Waals surface area contributed by atoms with Crippen molar-refractivity contribution in [2.45, 2.75) is 95.2 Å². The minimum absolute atomic E-state index is 0.00338. The van der Waals surface area contributed by atoms with Gasteiger partial charge in [-0.05, 0) is 79.6 Å². The van der Waals surface area contributed by atoms with Gasteiger partial charge in [-0.25, -0.2) is 4.98 Å². The van der Waals surface area contributed by atoms with Crippen LogP contribution in [0.3, 0.4) is 0 Å². The van der Waals surface area contributed by atoms with Crippen molar-refractivity contribution < 1.29 is 22.7 Å². The summed E-state index contributed by atoms with van der Waals surface area (Å²) in [5, 5.41) is 12.2. The highest BCUT2D eigenvalue weighted by atomic mass is 19.4. The summed E-state index contributed by atoms with van der Waals surface area (Å²) in [5.41, 5.74) is 0.197. The van der Waals surface area contributed by atoms with Crippen molar-refractivity contribution in [2.24, 2.45) is 13.0 Å². The molecule has 1 saturated heterocycles. The van der Waals surface area contributed by atoms with E-state index in [-0.39, 0.29) is 35.9 Å². The molecular weight excluding hydrogens is 633 g/mol. The topological polar surface area (TPSA) is 91.7 Å². The third-order valence-electron chi connectivity index (χ3n) is 11.3. The van der Waals surface area contributed by atoms with E-state index >= 15 is 0 Å². The largest absolute Gasteiger partial charge is 0.416 e. The smallest absolute Gasteiger partial charge is 0.381 e. The van der Waals surface area contributed by atoms with E-state index in [9.17, 15) is 18.0 Å². The third kappa shape index (κ3) is 6.33. The highest BCUT2D eigenvalue weighted by molar-refractivity contribution is 6.10. The number of piperazine rings is 1. The van der Waals surface area contributed by atoms with E-state index in [1.165, 1.54) is 11.0 Å². The van der Waals surface area contributed by atoms with E-state index in [0.717, 1.165) is 56.7 Å². The Hall–Kier alpha value is -3.55. The molecule has 1 aromatic carbocycles. The molecule has 0 unspecified atom stereocenters. The van der Waals surface area contributed by atoms with Gasteiger partial charge in [-0.1, -0.05) is 26.7 Å². The molecule has 264 valence electrons. The molecule has 0 bridgehead atoms. The fraction of sp³-hybridized carbons (Fsp3) is 0.611. The van der Waals surface area contributed by atoms with Crippen molar-refractivity contribution in [3.8, 4) is 0 Å². The highest BCUT2D eigenvalue weighted by Crippen LogP contribution is 2.51. The average molecular weight is 681 g/mol. The molecule has 2 aliphatic heterocycles. The second-order valence-electron chi connectivity index (χ2n) is 14.9. The van der Waals surface area contributed by atoms with Gasteiger partial charge in [0, 0.05) is 58.0 Å². The van der Waals surface area contributed by atoms with Gasteiger partial charge in [0.15, 0.2) is 0 Å². The zero-order chi connectivity index (χ0) is 34.7. The SMILES string of the molecule is CO[C@H]1C[C@@](c2cc(NC3CCCC3)nc(N3Cc4c(cc(CN5CCN(C)C[C@@H]5C(C)C)cc4C(F)(F)F)C3=O)c2)(c2nncn2C)C1. The molecule has 1 amide bonds. The van der Waals surface area contributed by atoms with Crippen LogP contribution in [0.4, 0.5) is 24.8 Å². The lowest BCUT2D eigenvalue weighted by Crippen LogP contribution is -2.53. The van der Waals surface area contributed by atoms with Crippen molar-refractivity contribution in [2.75, 3.05) is 44.0 Å². The molecule has 4 heterocycles. The van der Waals surface area contributed by atoms with Crippen molar-refractivity contribution in [1.82, 2.24) is 29.5 Å². The molecule has 0 radical (unpaired) electrons. The summed E-state index contributed by atoms with van der Waals surface area (Å²) in [5.74, 6) is 1.58. The number of methoxy groups -OCH3 is 1. The number of fused-ring (bicyclic) bond motifs is 1. The third-order valence-corrected chi connectivity index (χ3v) is 11.3. The van der Waals surface area contributed by atoms with Crippen LogP contribution in [0.5, 0.6) is 0 Å². The molecule has 4 aliphatic rings. The molecular formula is C36H47F3N8O2. The van der Waals surface area contributed by atoms with E-state index in [0.29, 0.717) is 42.5 Å². The molecule has 2 aromatic heterocycles. The van der Waals surface area contributed by atoms with Crippen LogP contribution in [0.15, 0.2) is 30.6 Å². The van der Waals surface area contributed by atoms with Crippen LogP contribution in [0.1, 0.15) is 90.8 Å². The summed E-state index contributed by atoms with van der Waals surface area (Å²) >= 11 is 0. The quantitative estimate of drug-likeness (QED) is 0.312. The Bertz CT molecular complexity index is 1700. The average Bonchev–Trinajstić information content (AvgIpc) is 3.78. The van der Waals surface area contributed by atoms with E-state index in [1.54, 1.807) is 19.5 Å². The number of rotatable bonds is 9. The number of aromatic nitrogens is 4. The number of benzene rings is 1. The molecule has 49 heavy (non-hydrogen) atoms. The first kappa shape index (κ1) is 33.9. The molecule has 0 spiro atoms. The monoisotopic (exact) mass is 680 g/mol.